The number of nitrogens with one attached hydrogen (secondary N) is 1. The molecule has 0 bridgehead atoms. The van der Waals surface area contributed by atoms with E-state index in [1.54, 1.807) is 23.6 Å². The summed E-state index contributed by atoms with van der Waals surface area (Å²) >= 11 is 7.11. The topological polar surface area (TPSA) is 51.2 Å². The lowest BCUT2D eigenvalue weighted by atomic mass is 10.2. The predicted molar refractivity (Wildman–Crippen MR) is 106 cm³/mol. The van der Waals surface area contributed by atoms with Crippen LogP contribution in [0.3, 0.4) is 0 Å². The Morgan fingerprint density at radius 1 is 1.29 bits per heavy atom. The van der Waals surface area contributed by atoms with Gasteiger partial charge in [-0.25, -0.2) is 13.8 Å². The maximum Gasteiger partial charge on any atom is 0.271 e. The summed E-state index contributed by atoms with van der Waals surface area (Å²) < 4.78 is 33.7. The number of benzene rings is 2. The van der Waals surface area contributed by atoms with Crippen LogP contribution in [0.15, 0.2) is 54.4 Å². The lowest BCUT2D eigenvalue weighted by molar-refractivity contribution is 0.0954. The van der Waals surface area contributed by atoms with E-state index in [1.165, 1.54) is 24.3 Å². The Hall–Kier alpha value is -2.77. The van der Waals surface area contributed by atoms with Gasteiger partial charge in [0.2, 0.25) is 0 Å². The Morgan fingerprint density at radius 2 is 2.11 bits per heavy atom. The third-order valence-corrected chi connectivity index (χ3v) is 4.99. The first-order chi connectivity index (χ1) is 13.5. The summed E-state index contributed by atoms with van der Waals surface area (Å²) in [5.41, 5.74) is 0.642. The molecule has 1 N–H and O–H groups in total. The Labute approximate surface area is 169 Å². The first kappa shape index (κ1) is 20.0. The first-order valence-electron chi connectivity index (χ1n) is 8.20. The second kappa shape index (κ2) is 8.95. The van der Waals surface area contributed by atoms with Crippen LogP contribution in [-0.2, 0) is 6.61 Å². The van der Waals surface area contributed by atoms with Crippen molar-refractivity contribution < 1.29 is 18.3 Å². The predicted octanol–water partition coefficient (Wildman–Crippen LogP) is 5.24. The van der Waals surface area contributed by atoms with E-state index in [-0.39, 0.29) is 40.1 Å². The molecule has 3 aromatic rings. The highest BCUT2D eigenvalue weighted by atomic mass is 35.5. The molecule has 28 heavy (non-hydrogen) atoms. The molecule has 0 aliphatic carbocycles. The van der Waals surface area contributed by atoms with Crippen LogP contribution in [0.5, 0.6) is 5.75 Å². The molecule has 0 saturated carbocycles. The standard InChI is InChI=1S/C20H15ClF2N2O2S/c1-2-8-24-19(26)18-11-28-20(25-18)13-7-6-12(9-17(13)23)27-10-14-15(21)4-3-5-16(14)22/h2-7,9,11H,1,8,10H2,(H,24,26). The Morgan fingerprint density at radius 3 is 2.82 bits per heavy atom. The monoisotopic (exact) mass is 420 g/mol. The lowest BCUT2D eigenvalue weighted by Crippen LogP contribution is -2.23. The fraction of sp³-hybridized carbons (Fsp3) is 0.100. The van der Waals surface area contributed by atoms with Crippen LogP contribution in [0.1, 0.15) is 16.1 Å². The number of carbonyl (C=O) groups excluding carboxylic acids is 1. The van der Waals surface area contributed by atoms with Crippen molar-refractivity contribution in [2.24, 2.45) is 0 Å². The molecule has 1 amide bonds. The van der Waals surface area contributed by atoms with Crippen LogP contribution in [0.2, 0.25) is 5.02 Å². The molecule has 8 heteroatoms. The minimum Gasteiger partial charge on any atom is -0.489 e. The quantitative estimate of drug-likeness (QED) is 0.532. The van der Waals surface area contributed by atoms with E-state index < -0.39 is 11.6 Å². The van der Waals surface area contributed by atoms with Gasteiger partial charge in [0.05, 0.1) is 5.02 Å². The number of ether oxygens (including phenoxy) is 1. The number of carbonyl (C=O) groups is 1. The van der Waals surface area contributed by atoms with E-state index in [1.807, 2.05) is 0 Å². The van der Waals surface area contributed by atoms with Crippen molar-refractivity contribution in [2.45, 2.75) is 6.61 Å². The fourth-order valence-electron chi connectivity index (χ4n) is 2.34. The molecule has 0 radical (unpaired) electrons. The molecule has 0 unspecified atom stereocenters. The van der Waals surface area contributed by atoms with E-state index >= 15 is 0 Å². The van der Waals surface area contributed by atoms with E-state index in [0.717, 1.165) is 11.3 Å². The summed E-state index contributed by atoms with van der Waals surface area (Å²) in [6.07, 6.45) is 1.55. The van der Waals surface area contributed by atoms with Crippen LogP contribution in [0.25, 0.3) is 10.6 Å². The van der Waals surface area contributed by atoms with Gasteiger partial charge in [0.25, 0.3) is 5.91 Å². The van der Waals surface area contributed by atoms with Crippen LogP contribution < -0.4 is 10.1 Å². The minimum absolute atomic E-state index is 0.130. The molecule has 0 atom stereocenters. The average molecular weight is 421 g/mol. The molecule has 1 aromatic heterocycles. The lowest BCUT2D eigenvalue weighted by Gasteiger charge is -2.09. The van der Waals surface area contributed by atoms with Gasteiger partial charge in [-0.05, 0) is 24.3 Å². The number of hydrogen-bond donors (Lipinski definition) is 1. The number of thiazole rings is 1. The fourth-order valence-corrected chi connectivity index (χ4v) is 3.39. The van der Waals surface area contributed by atoms with Crippen molar-refractivity contribution >= 4 is 28.8 Å². The molecule has 1 heterocycles. The maximum absolute atomic E-state index is 14.5. The van der Waals surface area contributed by atoms with Crippen LogP contribution >= 0.6 is 22.9 Å². The molecule has 0 spiro atoms. The van der Waals surface area contributed by atoms with Gasteiger partial charge in [-0.15, -0.1) is 17.9 Å². The normalized spacial score (nSPS) is 10.5. The largest absolute Gasteiger partial charge is 0.489 e. The van der Waals surface area contributed by atoms with Gasteiger partial charge < -0.3 is 10.1 Å². The number of hydrogen-bond acceptors (Lipinski definition) is 4. The summed E-state index contributed by atoms with van der Waals surface area (Å²) in [5, 5.41) is 4.77. The van der Waals surface area contributed by atoms with Gasteiger partial charge in [-0.1, -0.05) is 23.7 Å². The van der Waals surface area contributed by atoms with Crippen LogP contribution in [0, 0.1) is 11.6 Å². The zero-order valence-electron chi connectivity index (χ0n) is 14.5. The van der Waals surface area contributed by atoms with E-state index in [9.17, 15) is 13.6 Å². The smallest absolute Gasteiger partial charge is 0.271 e. The highest BCUT2D eigenvalue weighted by Gasteiger charge is 2.15. The van der Waals surface area contributed by atoms with Crippen LogP contribution in [0.4, 0.5) is 8.78 Å². The highest BCUT2D eigenvalue weighted by Crippen LogP contribution is 2.30. The molecule has 144 valence electrons. The van der Waals surface area contributed by atoms with Crippen molar-refractivity contribution in [2.75, 3.05) is 6.54 Å². The Balaban J connectivity index is 1.73. The summed E-state index contributed by atoms with van der Waals surface area (Å²) in [7, 11) is 0. The molecule has 0 aliphatic rings. The van der Waals surface area contributed by atoms with Gasteiger partial charge in [0, 0.05) is 29.1 Å². The third kappa shape index (κ3) is 4.55. The summed E-state index contributed by atoms with van der Waals surface area (Å²) in [4.78, 5) is 16.1. The molecular formula is C20H15ClF2N2O2S. The molecule has 0 aliphatic heterocycles. The van der Waals surface area contributed by atoms with Gasteiger partial charge in [0.1, 0.15) is 34.7 Å². The average Bonchev–Trinajstić information content (AvgIpc) is 3.16. The van der Waals surface area contributed by atoms with Crippen molar-refractivity contribution in [3.05, 3.63) is 82.3 Å². The SMILES string of the molecule is C=CCNC(=O)c1csc(-c2ccc(OCc3c(F)cccc3Cl)cc2F)n1. The number of amides is 1. The van der Waals surface area contributed by atoms with E-state index in [4.69, 9.17) is 16.3 Å². The third-order valence-electron chi connectivity index (χ3n) is 3.76. The van der Waals surface area contributed by atoms with Gasteiger partial charge in [0.15, 0.2) is 0 Å². The van der Waals surface area contributed by atoms with Crippen molar-refractivity contribution in [1.82, 2.24) is 10.3 Å². The van der Waals surface area contributed by atoms with Gasteiger partial charge >= 0.3 is 0 Å². The second-order valence-electron chi connectivity index (χ2n) is 5.67. The summed E-state index contributed by atoms with van der Waals surface area (Å²) in [6.45, 7) is 3.71. The molecule has 3 rings (SSSR count). The zero-order valence-corrected chi connectivity index (χ0v) is 16.1. The second-order valence-corrected chi connectivity index (χ2v) is 6.93. The van der Waals surface area contributed by atoms with Gasteiger partial charge in [-0.2, -0.15) is 0 Å². The minimum atomic E-state index is -0.565. The number of nitrogens with zero attached hydrogens (tertiary/aromatic N) is 1. The van der Waals surface area contributed by atoms with Crippen molar-refractivity contribution in [3.63, 3.8) is 0 Å². The summed E-state index contributed by atoms with van der Waals surface area (Å²) in [5.74, 6) is -1.19. The molecule has 0 saturated heterocycles. The van der Waals surface area contributed by atoms with Crippen molar-refractivity contribution in [3.8, 4) is 16.3 Å². The van der Waals surface area contributed by atoms with Gasteiger partial charge in [-0.3, -0.25) is 4.79 Å². The number of rotatable bonds is 7. The van der Waals surface area contributed by atoms with Crippen LogP contribution in [-0.4, -0.2) is 17.4 Å². The zero-order chi connectivity index (χ0) is 20.1. The highest BCUT2D eigenvalue weighted by molar-refractivity contribution is 7.13. The first-order valence-corrected chi connectivity index (χ1v) is 9.45. The van der Waals surface area contributed by atoms with E-state index in [2.05, 4.69) is 16.9 Å². The maximum atomic E-state index is 14.5. The molecule has 2 aromatic carbocycles. The van der Waals surface area contributed by atoms with E-state index in [0.29, 0.717) is 11.6 Å². The summed E-state index contributed by atoms with van der Waals surface area (Å²) in [6, 6.07) is 8.56. The molecule has 4 nitrogen and oxygen atoms in total. The Kier molecular flexibility index (Phi) is 6.38. The Bertz CT molecular complexity index is 1000. The molecular weight excluding hydrogens is 406 g/mol. The number of aromatic nitrogens is 1. The molecule has 0 fully saturated rings. The number of halogens is 3. The van der Waals surface area contributed by atoms with Crippen molar-refractivity contribution in [1.29, 1.82) is 0 Å².